The Hall–Kier alpha value is -3.04. The van der Waals surface area contributed by atoms with Crippen LogP contribution in [0.5, 0.6) is 0 Å². The molecule has 0 saturated carbocycles. The fraction of sp³-hybridized carbons (Fsp3) is 0.100. The van der Waals surface area contributed by atoms with Gasteiger partial charge in [-0.1, -0.05) is 50.9 Å². The molecule has 0 radical (unpaired) electrons. The monoisotopic (exact) mass is 489 g/mol. The van der Waals surface area contributed by atoms with Crippen LogP contribution >= 0.6 is 27.5 Å². The minimum atomic E-state index is -0.609. The zero-order valence-electron chi connectivity index (χ0n) is 15.6. The molecular formula is C20H14BrClFN5O2. The average molecular weight is 491 g/mol. The first-order chi connectivity index (χ1) is 14.4. The SMILES string of the molecule is Cc1onc(-c2c(F)cccc2Cl)c1C(=O)Nc1ncn(Cc2ccc(Br)cc2)n1. The predicted molar refractivity (Wildman–Crippen MR) is 113 cm³/mol. The number of anilines is 1. The summed E-state index contributed by atoms with van der Waals surface area (Å²) in [5.41, 5.74) is 1.09. The molecule has 4 aromatic rings. The van der Waals surface area contributed by atoms with Crippen molar-refractivity contribution >= 4 is 39.4 Å². The van der Waals surface area contributed by atoms with E-state index in [2.05, 4.69) is 36.5 Å². The highest BCUT2D eigenvalue weighted by atomic mass is 79.9. The molecule has 0 spiro atoms. The van der Waals surface area contributed by atoms with Gasteiger partial charge in [0.1, 0.15) is 29.2 Å². The number of halogens is 3. The highest BCUT2D eigenvalue weighted by Crippen LogP contribution is 2.33. The summed E-state index contributed by atoms with van der Waals surface area (Å²) in [5, 5.41) is 10.8. The summed E-state index contributed by atoms with van der Waals surface area (Å²) < 4.78 is 22.0. The van der Waals surface area contributed by atoms with Gasteiger partial charge in [-0.05, 0) is 36.8 Å². The molecule has 0 atom stereocenters. The number of benzene rings is 2. The first-order valence-electron chi connectivity index (χ1n) is 8.78. The van der Waals surface area contributed by atoms with E-state index in [-0.39, 0.29) is 33.6 Å². The Bertz CT molecular complexity index is 1200. The lowest BCUT2D eigenvalue weighted by atomic mass is 10.1. The van der Waals surface area contributed by atoms with Crippen LogP contribution in [0.1, 0.15) is 21.7 Å². The molecule has 30 heavy (non-hydrogen) atoms. The summed E-state index contributed by atoms with van der Waals surface area (Å²) in [4.78, 5) is 17.0. The van der Waals surface area contributed by atoms with Crippen molar-refractivity contribution in [2.75, 3.05) is 5.32 Å². The molecule has 152 valence electrons. The second kappa shape index (κ2) is 8.37. The van der Waals surface area contributed by atoms with Crippen LogP contribution < -0.4 is 5.32 Å². The Morgan fingerprint density at radius 2 is 2.03 bits per heavy atom. The smallest absolute Gasteiger partial charge is 0.263 e. The van der Waals surface area contributed by atoms with Gasteiger partial charge in [0, 0.05) is 4.47 Å². The van der Waals surface area contributed by atoms with E-state index in [0.717, 1.165) is 10.0 Å². The summed E-state index contributed by atoms with van der Waals surface area (Å²) in [5.74, 6) is -0.870. The second-order valence-corrected chi connectivity index (χ2v) is 7.73. The zero-order valence-corrected chi connectivity index (χ0v) is 17.9. The van der Waals surface area contributed by atoms with Gasteiger partial charge in [0.25, 0.3) is 5.91 Å². The average Bonchev–Trinajstić information content (AvgIpc) is 3.30. The first kappa shape index (κ1) is 20.2. The molecule has 7 nitrogen and oxygen atoms in total. The van der Waals surface area contributed by atoms with E-state index in [1.807, 2.05) is 24.3 Å². The Balaban J connectivity index is 1.56. The molecule has 2 aromatic carbocycles. The maximum absolute atomic E-state index is 14.3. The van der Waals surface area contributed by atoms with Crippen LogP contribution in [0, 0.1) is 12.7 Å². The fourth-order valence-corrected chi connectivity index (χ4v) is 3.42. The summed E-state index contributed by atoms with van der Waals surface area (Å²) in [6.45, 7) is 2.04. The van der Waals surface area contributed by atoms with Crippen LogP contribution in [0.3, 0.4) is 0 Å². The molecule has 2 aromatic heterocycles. The number of aromatic nitrogens is 4. The number of aryl methyl sites for hydroxylation is 1. The number of hydrogen-bond donors (Lipinski definition) is 1. The Labute approximate surface area is 184 Å². The summed E-state index contributed by atoms with van der Waals surface area (Å²) in [6, 6.07) is 12.0. The van der Waals surface area contributed by atoms with Crippen molar-refractivity contribution < 1.29 is 13.7 Å². The fourth-order valence-electron chi connectivity index (χ4n) is 2.90. The van der Waals surface area contributed by atoms with E-state index < -0.39 is 11.7 Å². The molecule has 0 aliphatic rings. The van der Waals surface area contributed by atoms with Crippen molar-refractivity contribution in [2.24, 2.45) is 0 Å². The minimum Gasteiger partial charge on any atom is -0.360 e. The summed E-state index contributed by atoms with van der Waals surface area (Å²) >= 11 is 9.51. The molecule has 0 saturated heterocycles. The van der Waals surface area contributed by atoms with Gasteiger partial charge < -0.3 is 4.52 Å². The summed E-state index contributed by atoms with van der Waals surface area (Å²) in [7, 11) is 0. The van der Waals surface area contributed by atoms with E-state index >= 15 is 0 Å². The maximum atomic E-state index is 14.3. The van der Waals surface area contributed by atoms with Gasteiger partial charge in [-0.15, -0.1) is 5.10 Å². The number of carbonyl (C=O) groups excluding carboxylic acids is 1. The Morgan fingerprint density at radius 3 is 2.77 bits per heavy atom. The third kappa shape index (κ3) is 4.12. The number of rotatable bonds is 5. The van der Waals surface area contributed by atoms with Gasteiger partial charge in [0.05, 0.1) is 17.1 Å². The van der Waals surface area contributed by atoms with E-state index in [1.54, 1.807) is 11.6 Å². The van der Waals surface area contributed by atoms with Crippen LogP contribution in [-0.2, 0) is 6.54 Å². The third-order valence-electron chi connectivity index (χ3n) is 4.31. The van der Waals surface area contributed by atoms with Crippen molar-refractivity contribution in [3.8, 4) is 11.3 Å². The van der Waals surface area contributed by atoms with E-state index in [0.29, 0.717) is 6.54 Å². The lowest BCUT2D eigenvalue weighted by molar-refractivity contribution is 0.102. The van der Waals surface area contributed by atoms with Crippen LogP contribution in [0.4, 0.5) is 10.3 Å². The van der Waals surface area contributed by atoms with Crippen LogP contribution in [0.2, 0.25) is 5.02 Å². The van der Waals surface area contributed by atoms with Crippen molar-refractivity contribution in [1.29, 1.82) is 0 Å². The van der Waals surface area contributed by atoms with Crippen molar-refractivity contribution in [3.63, 3.8) is 0 Å². The normalized spacial score (nSPS) is 10.9. The largest absolute Gasteiger partial charge is 0.360 e. The van der Waals surface area contributed by atoms with Gasteiger partial charge in [-0.25, -0.2) is 14.1 Å². The van der Waals surface area contributed by atoms with Gasteiger partial charge in [-0.3, -0.25) is 10.1 Å². The molecule has 0 aliphatic carbocycles. The van der Waals surface area contributed by atoms with Crippen LogP contribution in [-0.4, -0.2) is 25.8 Å². The standard InChI is InChI=1S/C20H14BrClFN5O2/c1-11-16(18(27-30-11)17-14(22)3-2-4-15(17)23)19(29)25-20-24-10-28(26-20)9-12-5-7-13(21)8-6-12/h2-8,10H,9H2,1H3,(H,25,26,29). The number of nitrogens with one attached hydrogen (secondary N) is 1. The predicted octanol–water partition coefficient (Wildman–Crippen LogP) is 5.10. The number of nitrogens with zero attached hydrogens (tertiary/aromatic N) is 4. The molecule has 0 aliphatic heterocycles. The van der Waals surface area contributed by atoms with Crippen molar-refractivity contribution in [3.05, 3.63) is 81.0 Å². The highest BCUT2D eigenvalue weighted by molar-refractivity contribution is 9.10. The van der Waals surface area contributed by atoms with Crippen molar-refractivity contribution in [2.45, 2.75) is 13.5 Å². The molecular weight excluding hydrogens is 477 g/mol. The number of hydrogen-bond acceptors (Lipinski definition) is 5. The third-order valence-corrected chi connectivity index (χ3v) is 5.15. The van der Waals surface area contributed by atoms with Gasteiger partial charge >= 0.3 is 0 Å². The number of amides is 1. The molecule has 2 heterocycles. The Morgan fingerprint density at radius 1 is 1.27 bits per heavy atom. The lowest BCUT2D eigenvalue weighted by Crippen LogP contribution is -2.15. The van der Waals surface area contributed by atoms with Gasteiger partial charge in [0.2, 0.25) is 5.95 Å². The molecule has 10 heteroatoms. The van der Waals surface area contributed by atoms with E-state index in [9.17, 15) is 9.18 Å². The zero-order chi connectivity index (χ0) is 21.3. The van der Waals surface area contributed by atoms with E-state index in [4.69, 9.17) is 16.1 Å². The van der Waals surface area contributed by atoms with Crippen LogP contribution in [0.25, 0.3) is 11.3 Å². The molecule has 0 fully saturated rings. The summed E-state index contributed by atoms with van der Waals surface area (Å²) in [6.07, 6.45) is 1.51. The number of carbonyl (C=O) groups is 1. The molecule has 1 amide bonds. The highest BCUT2D eigenvalue weighted by Gasteiger charge is 2.26. The first-order valence-corrected chi connectivity index (χ1v) is 9.95. The van der Waals surface area contributed by atoms with Gasteiger partial charge in [0.15, 0.2) is 0 Å². The lowest BCUT2D eigenvalue weighted by Gasteiger charge is -2.05. The van der Waals surface area contributed by atoms with Gasteiger partial charge in [-0.2, -0.15) is 0 Å². The molecule has 1 N–H and O–H groups in total. The van der Waals surface area contributed by atoms with Crippen LogP contribution in [0.15, 0.2) is 57.8 Å². The molecule has 0 bridgehead atoms. The van der Waals surface area contributed by atoms with Crippen molar-refractivity contribution in [1.82, 2.24) is 19.9 Å². The Kier molecular flexibility index (Phi) is 5.65. The molecule has 0 unspecified atom stereocenters. The second-order valence-electron chi connectivity index (χ2n) is 6.41. The van der Waals surface area contributed by atoms with E-state index in [1.165, 1.54) is 24.5 Å². The minimum absolute atomic E-state index is 0.00473. The maximum Gasteiger partial charge on any atom is 0.263 e. The molecule has 4 rings (SSSR count). The quantitative estimate of drug-likeness (QED) is 0.421. The topological polar surface area (TPSA) is 85.8 Å².